The maximum absolute atomic E-state index is 5.94. The molecule has 2 nitrogen and oxygen atoms in total. The zero-order valence-corrected chi connectivity index (χ0v) is 11.2. The van der Waals surface area contributed by atoms with Crippen LogP contribution in [0.5, 0.6) is 0 Å². The molecule has 1 heterocycles. The smallest absolute Gasteiger partial charge is 0.0577 e. The van der Waals surface area contributed by atoms with Gasteiger partial charge in [0, 0.05) is 17.4 Å². The second-order valence-corrected chi connectivity index (χ2v) is 4.66. The van der Waals surface area contributed by atoms with Crippen LogP contribution < -0.4 is 5.32 Å². The molecule has 0 radical (unpaired) electrons. The van der Waals surface area contributed by atoms with Crippen LogP contribution in [0.1, 0.15) is 30.5 Å². The first-order chi connectivity index (χ1) is 8.81. The van der Waals surface area contributed by atoms with E-state index in [0.717, 1.165) is 18.0 Å². The number of pyridine rings is 1. The van der Waals surface area contributed by atoms with E-state index in [-0.39, 0.29) is 6.04 Å². The second-order valence-electron chi connectivity index (χ2n) is 4.22. The minimum absolute atomic E-state index is 0.199. The van der Waals surface area contributed by atoms with Crippen molar-refractivity contribution in [1.29, 1.82) is 0 Å². The number of rotatable bonds is 5. The third kappa shape index (κ3) is 3.31. The highest BCUT2D eigenvalue weighted by molar-refractivity contribution is 6.30. The average molecular weight is 261 g/mol. The molecule has 1 N–H and O–H groups in total. The predicted octanol–water partition coefficient (Wildman–Crippen LogP) is 3.82. The Bertz CT molecular complexity index is 468. The van der Waals surface area contributed by atoms with Gasteiger partial charge in [0.05, 0.1) is 6.04 Å². The normalized spacial score (nSPS) is 12.3. The Kier molecular flexibility index (Phi) is 4.73. The van der Waals surface area contributed by atoms with E-state index in [9.17, 15) is 0 Å². The van der Waals surface area contributed by atoms with Gasteiger partial charge in [0.2, 0.25) is 0 Å². The molecule has 94 valence electrons. The van der Waals surface area contributed by atoms with Gasteiger partial charge in [0.1, 0.15) is 0 Å². The summed E-state index contributed by atoms with van der Waals surface area (Å²) in [5, 5.41) is 4.32. The lowest BCUT2D eigenvalue weighted by Crippen LogP contribution is -2.23. The van der Waals surface area contributed by atoms with Crippen LogP contribution in [0.25, 0.3) is 0 Å². The molecule has 0 saturated carbocycles. The van der Waals surface area contributed by atoms with Crippen molar-refractivity contribution in [3.05, 3.63) is 64.9 Å². The third-order valence-electron chi connectivity index (χ3n) is 2.84. The predicted molar refractivity (Wildman–Crippen MR) is 75.8 cm³/mol. The summed E-state index contributed by atoms with van der Waals surface area (Å²) in [6.07, 6.45) is 4.76. The Labute approximate surface area is 113 Å². The quantitative estimate of drug-likeness (QED) is 0.884. The van der Waals surface area contributed by atoms with E-state index in [4.69, 9.17) is 11.6 Å². The fraction of sp³-hybridized carbons (Fsp3) is 0.267. The van der Waals surface area contributed by atoms with Gasteiger partial charge in [-0.25, -0.2) is 0 Å². The Morgan fingerprint density at radius 3 is 2.28 bits per heavy atom. The molecule has 2 rings (SSSR count). The molecule has 18 heavy (non-hydrogen) atoms. The molecule has 0 aliphatic rings. The monoisotopic (exact) mass is 260 g/mol. The zero-order valence-electron chi connectivity index (χ0n) is 10.4. The minimum Gasteiger partial charge on any atom is -0.306 e. The van der Waals surface area contributed by atoms with E-state index in [2.05, 4.69) is 29.4 Å². The summed E-state index contributed by atoms with van der Waals surface area (Å²) in [5.74, 6) is 0. The number of nitrogens with zero attached hydrogens (tertiary/aromatic N) is 1. The van der Waals surface area contributed by atoms with Gasteiger partial charge in [-0.05, 0) is 48.4 Å². The van der Waals surface area contributed by atoms with E-state index >= 15 is 0 Å². The van der Waals surface area contributed by atoms with Crippen molar-refractivity contribution in [2.24, 2.45) is 0 Å². The molecule has 1 atom stereocenters. The van der Waals surface area contributed by atoms with Crippen molar-refractivity contribution in [2.45, 2.75) is 19.4 Å². The number of hydrogen-bond donors (Lipinski definition) is 1. The van der Waals surface area contributed by atoms with Crippen LogP contribution in [0, 0.1) is 0 Å². The van der Waals surface area contributed by atoms with Gasteiger partial charge in [-0.1, -0.05) is 30.7 Å². The Hall–Kier alpha value is -1.38. The van der Waals surface area contributed by atoms with Crippen molar-refractivity contribution >= 4 is 11.6 Å². The van der Waals surface area contributed by atoms with Crippen LogP contribution in [0.15, 0.2) is 48.8 Å². The maximum Gasteiger partial charge on any atom is 0.0577 e. The van der Waals surface area contributed by atoms with Gasteiger partial charge in [-0.2, -0.15) is 0 Å². The number of aromatic nitrogens is 1. The van der Waals surface area contributed by atoms with Gasteiger partial charge in [-0.15, -0.1) is 0 Å². The van der Waals surface area contributed by atoms with Gasteiger partial charge in [-0.3, -0.25) is 4.98 Å². The van der Waals surface area contributed by atoms with E-state index in [1.807, 2.05) is 36.7 Å². The van der Waals surface area contributed by atoms with Crippen molar-refractivity contribution < 1.29 is 0 Å². The summed E-state index contributed by atoms with van der Waals surface area (Å²) in [7, 11) is 0. The highest BCUT2D eigenvalue weighted by Crippen LogP contribution is 2.23. The first kappa shape index (κ1) is 13.1. The molecule has 0 fully saturated rings. The minimum atomic E-state index is 0.199. The number of nitrogens with one attached hydrogen (secondary N) is 1. The molecule has 1 aromatic heterocycles. The Morgan fingerprint density at radius 1 is 1.06 bits per heavy atom. The SMILES string of the molecule is CCCNC(c1ccncc1)c1ccc(Cl)cc1. The Morgan fingerprint density at radius 2 is 1.67 bits per heavy atom. The fourth-order valence-corrected chi connectivity index (χ4v) is 2.05. The first-order valence-electron chi connectivity index (χ1n) is 6.20. The van der Waals surface area contributed by atoms with Crippen LogP contribution >= 0.6 is 11.6 Å². The molecule has 0 amide bonds. The van der Waals surface area contributed by atoms with E-state index < -0.39 is 0 Å². The van der Waals surface area contributed by atoms with E-state index in [0.29, 0.717) is 0 Å². The van der Waals surface area contributed by atoms with Crippen LogP contribution in [-0.2, 0) is 0 Å². The van der Waals surface area contributed by atoms with Crippen LogP contribution in [0.2, 0.25) is 5.02 Å². The third-order valence-corrected chi connectivity index (χ3v) is 3.09. The van der Waals surface area contributed by atoms with Gasteiger partial charge >= 0.3 is 0 Å². The van der Waals surface area contributed by atoms with Crippen molar-refractivity contribution in [2.75, 3.05) is 6.54 Å². The summed E-state index contributed by atoms with van der Waals surface area (Å²) in [6.45, 7) is 3.15. The number of hydrogen-bond acceptors (Lipinski definition) is 2. The van der Waals surface area contributed by atoms with Crippen molar-refractivity contribution in [3.8, 4) is 0 Å². The topological polar surface area (TPSA) is 24.9 Å². The second kappa shape index (κ2) is 6.53. The fourth-order valence-electron chi connectivity index (χ4n) is 1.93. The molecule has 0 bridgehead atoms. The lowest BCUT2D eigenvalue weighted by atomic mass is 9.99. The van der Waals surface area contributed by atoms with Crippen LogP contribution in [0.3, 0.4) is 0 Å². The molecule has 0 aliphatic carbocycles. The summed E-state index contributed by atoms with van der Waals surface area (Å²) in [5.41, 5.74) is 2.44. The highest BCUT2D eigenvalue weighted by atomic mass is 35.5. The van der Waals surface area contributed by atoms with Crippen molar-refractivity contribution in [3.63, 3.8) is 0 Å². The van der Waals surface area contributed by atoms with E-state index in [1.54, 1.807) is 0 Å². The van der Waals surface area contributed by atoms with Crippen LogP contribution in [-0.4, -0.2) is 11.5 Å². The molecule has 0 spiro atoms. The standard InChI is InChI=1S/C15H17ClN2/c1-2-9-18-15(13-7-10-17-11-8-13)12-3-5-14(16)6-4-12/h3-8,10-11,15,18H,2,9H2,1H3. The molecule has 2 aromatic rings. The molecule has 0 aliphatic heterocycles. The molecule has 1 unspecified atom stereocenters. The lowest BCUT2D eigenvalue weighted by Gasteiger charge is -2.19. The average Bonchev–Trinajstić information content (AvgIpc) is 2.42. The van der Waals surface area contributed by atoms with Gasteiger partial charge in [0.15, 0.2) is 0 Å². The summed E-state index contributed by atoms with van der Waals surface area (Å²) >= 11 is 5.94. The number of halogens is 1. The highest BCUT2D eigenvalue weighted by Gasteiger charge is 2.12. The summed E-state index contributed by atoms with van der Waals surface area (Å²) in [6, 6.07) is 12.3. The molecule has 1 aromatic carbocycles. The van der Waals surface area contributed by atoms with Gasteiger partial charge in [0.25, 0.3) is 0 Å². The summed E-state index contributed by atoms with van der Waals surface area (Å²) < 4.78 is 0. The zero-order chi connectivity index (χ0) is 12.8. The number of benzene rings is 1. The van der Waals surface area contributed by atoms with Gasteiger partial charge < -0.3 is 5.32 Å². The first-order valence-corrected chi connectivity index (χ1v) is 6.58. The van der Waals surface area contributed by atoms with Crippen molar-refractivity contribution in [1.82, 2.24) is 10.3 Å². The largest absolute Gasteiger partial charge is 0.306 e. The Balaban J connectivity index is 2.27. The lowest BCUT2D eigenvalue weighted by molar-refractivity contribution is 0.598. The van der Waals surface area contributed by atoms with Crippen LogP contribution in [0.4, 0.5) is 0 Å². The maximum atomic E-state index is 5.94. The molecule has 3 heteroatoms. The van der Waals surface area contributed by atoms with E-state index in [1.165, 1.54) is 11.1 Å². The molecular formula is C15H17ClN2. The summed E-state index contributed by atoms with van der Waals surface area (Å²) in [4.78, 5) is 4.07. The molecule has 0 saturated heterocycles. The molecular weight excluding hydrogens is 244 g/mol.